The first-order valence-electron chi connectivity index (χ1n) is 2.98. The average Bonchev–Trinajstić information content (AvgIpc) is 1.85. The summed E-state index contributed by atoms with van der Waals surface area (Å²) in [6.07, 6.45) is 0.714. The van der Waals surface area contributed by atoms with Crippen molar-refractivity contribution < 1.29 is 9.59 Å². The molecule has 3 nitrogen and oxygen atoms in total. The van der Waals surface area contributed by atoms with Gasteiger partial charge in [-0.1, -0.05) is 0 Å². The number of rotatable bonds is 2. The fraction of sp³-hybridized carbons (Fsp3) is 0.429. The first-order valence-corrected chi connectivity index (χ1v) is 2.98. The lowest BCUT2D eigenvalue weighted by atomic mass is 10.3. The maximum Gasteiger partial charge on any atom is 0.220 e. The fourth-order valence-electron chi connectivity index (χ4n) is 0.451. The van der Waals surface area contributed by atoms with E-state index in [9.17, 15) is 9.59 Å². The maximum atomic E-state index is 10.4. The number of amides is 1. The Hall–Kier alpha value is -1.12. The smallest absolute Gasteiger partial charge is 0.220 e. The highest BCUT2D eigenvalue weighted by Gasteiger charge is 1.95. The topological polar surface area (TPSA) is 46.2 Å². The standard InChI is InChI=1S/C7H11NO2/c1-5(4-9)6(2)8-7(3)10/h4H,1-3H3,(H,8,10). The normalized spacial score (nSPS) is 11.9. The Morgan fingerprint density at radius 2 is 1.80 bits per heavy atom. The van der Waals surface area contributed by atoms with Gasteiger partial charge in [-0.15, -0.1) is 0 Å². The van der Waals surface area contributed by atoms with Crippen LogP contribution in [-0.4, -0.2) is 12.2 Å². The SMILES string of the molecule is CC(=O)NC(C)=C(C)C=O. The van der Waals surface area contributed by atoms with Crippen molar-refractivity contribution in [2.75, 3.05) is 0 Å². The summed E-state index contributed by atoms with van der Waals surface area (Å²) in [6.45, 7) is 4.74. The molecule has 0 radical (unpaired) electrons. The summed E-state index contributed by atoms with van der Waals surface area (Å²) in [7, 11) is 0. The Morgan fingerprint density at radius 3 is 2.10 bits per heavy atom. The summed E-state index contributed by atoms with van der Waals surface area (Å²) in [6, 6.07) is 0. The molecule has 0 aliphatic heterocycles. The molecule has 0 bridgehead atoms. The highest BCUT2D eigenvalue weighted by molar-refractivity contribution is 5.79. The third-order valence-electron chi connectivity index (χ3n) is 1.13. The summed E-state index contributed by atoms with van der Waals surface area (Å²) in [5, 5.41) is 2.50. The second-order valence-corrected chi connectivity index (χ2v) is 2.11. The Bertz CT molecular complexity index is 182. The van der Waals surface area contributed by atoms with Gasteiger partial charge in [0.1, 0.15) is 6.29 Å². The van der Waals surface area contributed by atoms with Crippen molar-refractivity contribution in [2.24, 2.45) is 0 Å². The van der Waals surface area contributed by atoms with Crippen LogP contribution in [-0.2, 0) is 9.59 Å². The third kappa shape index (κ3) is 3.02. The predicted octanol–water partition coefficient (Wildman–Crippen LogP) is 0.615. The lowest BCUT2D eigenvalue weighted by Crippen LogP contribution is -2.18. The molecule has 0 spiro atoms. The molecule has 0 aromatic heterocycles. The first kappa shape index (κ1) is 8.88. The minimum Gasteiger partial charge on any atom is -0.330 e. The lowest BCUT2D eigenvalue weighted by Gasteiger charge is -2.01. The number of allylic oxidation sites excluding steroid dienone is 2. The van der Waals surface area contributed by atoms with Crippen LogP contribution in [0.2, 0.25) is 0 Å². The largest absolute Gasteiger partial charge is 0.330 e. The quantitative estimate of drug-likeness (QED) is 0.452. The van der Waals surface area contributed by atoms with Gasteiger partial charge in [-0.25, -0.2) is 0 Å². The van der Waals surface area contributed by atoms with Crippen LogP contribution in [0.5, 0.6) is 0 Å². The first-order chi connectivity index (χ1) is 4.57. The summed E-state index contributed by atoms with van der Waals surface area (Å²) >= 11 is 0. The lowest BCUT2D eigenvalue weighted by molar-refractivity contribution is -0.118. The Morgan fingerprint density at radius 1 is 1.30 bits per heavy atom. The molecule has 10 heavy (non-hydrogen) atoms. The molecular weight excluding hydrogens is 130 g/mol. The molecule has 0 fully saturated rings. The number of aldehydes is 1. The van der Waals surface area contributed by atoms with Crippen LogP contribution < -0.4 is 5.32 Å². The number of nitrogens with one attached hydrogen (secondary N) is 1. The zero-order valence-electron chi connectivity index (χ0n) is 6.39. The molecule has 0 unspecified atom stereocenters. The van der Waals surface area contributed by atoms with Crippen LogP contribution in [0.1, 0.15) is 20.8 Å². The molecule has 0 atom stereocenters. The van der Waals surface area contributed by atoms with Gasteiger partial charge in [0.05, 0.1) is 0 Å². The molecule has 0 saturated carbocycles. The van der Waals surface area contributed by atoms with Gasteiger partial charge in [0.15, 0.2) is 0 Å². The van der Waals surface area contributed by atoms with E-state index in [1.54, 1.807) is 13.8 Å². The second-order valence-electron chi connectivity index (χ2n) is 2.11. The van der Waals surface area contributed by atoms with E-state index in [0.29, 0.717) is 17.6 Å². The van der Waals surface area contributed by atoms with Gasteiger partial charge in [0.25, 0.3) is 0 Å². The van der Waals surface area contributed by atoms with Gasteiger partial charge >= 0.3 is 0 Å². The zero-order valence-corrected chi connectivity index (χ0v) is 6.39. The van der Waals surface area contributed by atoms with Crippen LogP contribution in [0.4, 0.5) is 0 Å². The second kappa shape index (κ2) is 3.82. The minimum absolute atomic E-state index is 0.154. The molecular formula is C7H11NO2. The van der Waals surface area contributed by atoms with Crippen LogP contribution >= 0.6 is 0 Å². The van der Waals surface area contributed by atoms with Gasteiger partial charge in [0, 0.05) is 18.2 Å². The van der Waals surface area contributed by atoms with Crippen LogP contribution in [0, 0.1) is 0 Å². The van der Waals surface area contributed by atoms with Crippen molar-refractivity contribution in [1.29, 1.82) is 0 Å². The fourth-order valence-corrected chi connectivity index (χ4v) is 0.451. The third-order valence-corrected chi connectivity index (χ3v) is 1.13. The maximum absolute atomic E-state index is 10.4. The highest BCUT2D eigenvalue weighted by atomic mass is 16.1. The summed E-state index contributed by atoms with van der Waals surface area (Å²) in [5.41, 5.74) is 1.16. The number of hydrogen-bond donors (Lipinski definition) is 1. The molecule has 0 aliphatic rings. The van der Waals surface area contributed by atoms with Gasteiger partial charge in [0.2, 0.25) is 5.91 Å². The van der Waals surface area contributed by atoms with Crippen molar-refractivity contribution in [1.82, 2.24) is 5.32 Å². The van der Waals surface area contributed by atoms with E-state index >= 15 is 0 Å². The van der Waals surface area contributed by atoms with Gasteiger partial charge in [-0.2, -0.15) is 0 Å². The molecule has 1 amide bonds. The number of hydrogen-bond acceptors (Lipinski definition) is 2. The monoisotopic (exact) mass is 141 g/mol. The molecule has 56 valence electrons. The van der Waals surface area contributed by atoms with E-state index in [4.69, 9.17) is 0 Å². The van der Waals surface area contributed by atoms with E-state index in [1.165, 1.54) is 6.92 Å². The molecule has 1 N–H and O–H groups in total. The van der Waals surface area contributed by atoms with Crippen LogP contribution in [0.15, 0.2) is 11.3 Å². The van der Waals surface area contributed by atoms with Crippen molar-refractivity contribution in [3.63, 3.8) is 0 Å². The van der Waals surface area contributed by atoms with E-state index in [-0.39, 0.29) is 5.91 Å². The van der Waals surface area contributed by atoms with Gasteiger partial charge in [-0.05, 0) is 13.8 Å². The molecule has 0 saturated heterocycles. The van der Waals surface area contributed by atoms with Crippen LogP contribution in [0.3, 0.4) is 0 Å². The van der Waals surface area contributed by atoms with E-state index in [1.807, 2.05) is 0 Å². The molecule has 0 rings (SSSR count). The van der Waals surface area contributed by atoms with Crippen molar-refractivity contribution >= 4 is 12.2 Å². The van der Waals surface area contributed by atoms with Crippen LogP contribution in [0.25, 0.3) is 0 Å². The van der Waals surface area contributed by atoms with E-state index in [2.05, 4.69) is 5.32 Å². The van der Waals surface area contributed by atoms with E-state index in [0.717, 1.165) is 0 Å². The summed E-state index contributed by atoms with van der Waals surface area (Å²) in [5.74, 6) is -0.154. The zero-order chi connectivity index (χ0) is 8.15. The van der Waals surface area contributed by atoms with Crippen molar-refractivity contribution in [3.8, 4) is 0 Å². The molecule has 0 heterocycles. The number of carbonyl (C=O) groups excluding carboxylic acids is 2. The van der Waals surface area contributed by atoms with Crippen molar-refractivity contribution in [2.45, 2.75) is 20.8 Å². The highest BCUT2D eigenvalue weighted by Crippen LogP contribution is 1.94. The average molecular weight is 141 g/mol. The summed E-state index contributed by atoms with van der Waals surface area (Å²) in [4.78, 5) is 20.5. The Balaban J connectivity index is 4.18. The molecule has 0 aromatic rings. The Kier molecular flexibility index (Phi) is 3.39. The van der Waals surface area contributed by atoms with Crippen molar-refractivity contribution in [3.05, 3.63) is 11.3 Å². The summed E-state index contributed by atoms with van der Waals surface area (Å²) < 4.78 is 0. The minimum atomic E-state index is -0.154. The predicted molar refractivity (Wildman–Crippen MR) is 38.3 cm³/mol. The van der Waals surface area contributed by atoms with Gasteiger partial charge < -0.3 is 5.32 Å². The number of carbonyl (C=O) groups is 2. The van der Waals surface area contributed by atoms with Gasteiger partial charge in [-0.3, -0.25) is 9.59 Å². The van der Waals surface area contributed by atoms with E-state index < -0.39 is 0 Å². The molecule has 0 aliphatic carbocycles. The Labute approximate surface area is 60.1 Å². The molecule has 0 aromatic carbocycles. The molecule has 3 heteroatoms.